The van der Waals surface area contributed by atoms with E-state index >= 15 is 0 Å². The molecule has 9 aromatic carbocycles. The highest BCUT2D eigenvalue weighted by Gasteiger charge is 2.37. The zero-order valence-corrected chi connectivity index (χ0v) is 31.2. The summed E-state index contributed by atoms with van der Waals surface area (Å²) in [7, 11) is 0. The summed E-state index contributed by atoms with van der Waals surface area (Å²) in [6, 6.07) is 64.2. The SMILES string of the molecule is CC1(C)c2ccccc2-c2ccc(-c3ccc(-c4ccc5c(c4)C(C)(C)c4ccccc4-5)c4c(-c5ccc6ccccc6c5)c5ccccc5cc34)cc21. The lowest BCUT2D eigenvalue weighted by atomic mass is 9.79. The first kappa shape index (κ1) is 31.3. The molecule has 0 atom stereocenters. The van der Waals surface area contributed by atoms with Crippen LogP contribution in [0.25, 0.3) is 88.0 Å². The Morgan fingerprint density at radius 3 is 1.44 bits per heavy atom. The Hall–Kier alpha value is -6.24. The van der Waals surface area contributed by atoms with Crippen LogP contribution in [0.15, 0.2) is 170 Å². The average molecular weight is 689 g/mol. The molecular formula is C54H40. The Morgan fingerprint density at radius 1 is 0.296 bits per heavy atom. The van der Waals surface area contributed by atoms with Gasteiger partial charge < -0.3 is 0 Å². The number of hydrogen-bond donors (Lipinski definition) is 0. The molecule has 256 valence electrons. The van der Waals surface area contributed by atoms with Crippen LogP contribution in [0.4, 0.5) is 0 Å². The van der Waals surface area contributed by atoms with Crippen LogP contribution in [-0.4, -0.2) is 0 Å². The second-order valence-electron chi connectivity index (χ2n) is 16.5. The van der Waals surface area contributed by atoms with Gasteiger partial charge in [-0.15, -0.1) is 0 Å². The monoisotopic (exact) mass is 688 g/mol. The van der Waals surface area contributed by atoms with E-state index in [-0.39, 0.29) is 10.8 Å². The summed E-state index contributed by atoms with van der Waals surface area (Å²) in [4.78, 5) is 0. The van der Waals surface area contributed by atoms with E-state index in [1.165, 1.54) is 110 Å². The largest absolute Gasteiger partial charge is 0.0619 e. The highest BCUT2D eigenvalue weighted by molar-refractivity contribution is 6.21. The van der Waals surface area contributed by atoms with Crippen molar-refractivity contribution in [1.82, 2.24) is 0 Å². The van der Waals surface area contributed by atoms with Crippen molar-refractivity contribution in [1.29, 1.82) is 0 Å². The summed E-state index contributed by atoms with van der Waals surface area (Å²) in [5, 5.41) is 7.63. The van der Waals surface area contributed by atoms with Crippen LogP contribution in [0.5, 0.6) is 0 Å². The van der Waals surface area contributed by atoms with E-state index in [4.69, 9.17) is 0 Å². The van der Waals surface area contributed by atoms with Gasteiger partial charge in [-0.25, -0.2) is 0 Å². The molecule has 9 aromatic rings. The number of fused-ring (bicyclic) bond motifs is 9. The van der Waals surface area contributed by atoms with Gasteiger partial charge in [0.25, 0.3) is 0 Å². The summed E-state index contributed by atoms with van der Waals surface area (Å²) in [6.07, 6.45) is 0. The maximum atomic E-state index is 2.48. The van der Waals surface area contributed by atoms with Crippen molar-refractivity contribution >= 4 is 32.3 Å². The van der Waals surface area contributed by atoms with Crippen molar-refractivity contribution in [3.8, 4) is 55.6 Å². The lowest BCUT2D eigenvalue weighted by molar-refractivity contribution is 0.660. The highest BCUT2D eigenvalue weighted by atomic mass is 14.4. The van der Waals surface area contributed by atoms with Gasteiger partial charge in [-0.2, -0.15) is 0 Å². The lowest BCUT2D eigenvalue weighted by Gasteiger charge is -2.24. The molecule has 0 N–H and O–H groups in total. The predicted molar refractivity (Wildman–Crippen MR) is 230 cm³/mol. The third-order valence-electron chi connectivity index (χ3n) is 12.9. The van der Waals surface area contributed by atoms with Gasteiger partial charge in [0.15, 0.2) is 0 Å². The molecule has 0 unspecified atom stereocenters. The van der Waals surface area contributed by atoms with E-state index in [9.17, 15) is 0 Å². The number of benzene rings is 9. The fourth-order valence-corrected chi connectivity index (χ4v) is 10.1. The molecular weight excluding hydrogens is 649 g/mol. The van der Waals surface area contributed by atoms with Gasteiger partial charge in [0, 0.05) is 10.8 Å². The Bertz CT molecular complexity index is 3040. The molecule has 0 radical (unpaired) electrons. The normalized spacial score (nSPS) is 14.6. The number of rotatable bonds is 3. The van der Waals surface area contributed by atoms with E-state index in [0.29, 0.717) is 0 Å². The summed E-state index contributed by atoms with van der Waals surface area (Å²) < 4.78 is 0. The summed E-state index contributed by atoms with van der Waals surface area (Å²) in [6.45, 7) is 9.51. The van der Waals surface area contributed by atoms with Crippen molar-refractivity contribution in [3.63, 3.8) is 0 Å². The maximum absolute atomic E-state index is 2.48. The Morgan fingerprint density at radius 2 is 0.778 bits per heavy atom. The molecule has 11 rings (SSSR count). The van der Waals surface area contributed by atoms with Crippen LogP contribution in [-0.2, 0) is 10.8 Å². The van der Waals surface area contributed by atoms with Gasteiger partial charge in [0.1, 0.15) is 0 Å². The molecule has 0 fully saturated rings. The van der Waals surface area contributed by atoms with Gasteiger partial charge in [0.2, 0.25) is 0 Å². The first-order valence-electron chi connectivity index (χ1n) is 19.3. The zero-order valence-electron chi connectivity index (χ0n) is 31.2. The highest BCUT2D eigenvalue weighted by Crippen LogP contribution is 2.53. The van der Waals surface area contributed by atoms with E-state index < -0.39 is 0 Å². The fraction of sp³-hybridized carbons (Fsp3) is 0.111. The maximum Gasteiger partial charge on any atom is 0.0159 e. The third kappa shape index (κ3) is 4.32. The molecule has 0 heterocycles. The van der Waals surface area contributed by atoms with Crippen molar-refractivity contribution < 1.29 is 0 Å². The topological polar surface area (TPSA) is 0 Å². The van der Waals surface area contributed by atoms with Crippen molar-refractivity contribution in [2.75, 3.05) is 0 Å². The smallest absolute Gasteiger partial charge is 0.0159 e. The molecule has 0 spiro atoms. The summed E-state index contributed by atoms with van der Waals surface area (Å²) in [5.41, 5.74) is 18.5. The molecule has 2 aliphatic rings. The van der Waals surface area contributed by atoms with Crippen LogP contribution in [0.1, 0.15) is 49.9 Å². The van der Waals surface area contributed by atoms with E-state index in [0.717, 1.165) is 0 Å². The Labute approximate surface area is 317 Å². The average Bonchev–Trinajstić information content (AvgIpc) is 3.58. The lowest BCUT2D eigenvalue weighted by Crippen LogP contribution is -2.15. The molecule has 2 aliphatic carbocycles. The number of hydrogen-bond acceptors (Lipinski definition) is 0. The molecule has 0 aliphatic heterocycles. The Kier molecular flexibility index (Phi) is 6.46. The minimum Gasteiger partial charge on any atom is -0.0619 e. The zero-order chi connectivity index (χ0) is 36.3. The molecule has 54 heavy (non-hydrogen) atoms. The minimum absolute atomic E-state index is 0.0740. The van der Waals surface area contributed by atoms with Gasteiger partial charge in [-0.3, -0.25) is 0 Å². The van der Waals surface area contributed by atoms with Crippen LogP contribution >= 0.6 is 0 Å². The van der Waals surface area contributed by atoms with Crippen molar-refractivity contribution in [3.05, 3.63) is 192 Å². The first-order chi connectivity index (χ1) is 26.3. The third-order valence-corrected chi connectivity index (χ3v) is 12.9. The van der Waals surface area contributed by atoms with E-state index in [1.54, 1.807) is 0 Å². The molecule has 0 saturated heterocycles. The molecule has 0 aromatic heterocycles. The van der Waals surface area contributed by atoms with Crippen LogP contribution < -0.4 is 0 Å². The van der Waals surface area contributed by atoms with Gasteiger partial charge in [-0.1, -0.05) is 173 Å². The van der Waals surface area contributed by atoms with E-state index in [1.807, 2.05) is 0 Å². The minimum atomic E-state index is -0.0830. The molecule has 0 saturated carbocycles. The van der Waals surface area contributed by atoms with Crippen molar-refractivity contribution in [2.24, 2.45) is 0 Å². The molecule has 0 nitrogen and oxygen atoms in total. The van der Waals surface area contributed by atoms with Gasteiger partial charge in [0.05, 0.1) is 0 Å². The Balaban J connectivity index is 1.23. The van der Waals surface area contributed by atoms with Crippen LogP contribution in [0.2, 0.25) is 0 Å². The molecule has 0 heteroatoms. The van der Waals surface area contributed by atoms with Gasteiger partial charge in [-0.05, 0) is 134 Å². The molecule has 0 amide bonds. The summed E-state index contributed by atoms with van der Waals surface area (Å²) >= 11 is 0. The predicted octanol–water partition coefficient (Wildman–Crippen LogP) is 14.8. The second-order valence-corrected chi connectivity index (χ2v) is 16.5. The quantitative estimate of drug-likeness (QED) is 0.162. The van der Waals surface area contributed by atoms with Crippen molar-refractivity contribution in [2.45, 2.75) is 38.5 Å². The second kappa shape index (κ2) is 11.1. The first-order valence-corrected chi connectivity index (χ1v) is 19.3. The summed E-state index contributed by atoms with van der Waals surface area (Å²) in [5.74, 6) is 0. The molecule has 0 bridgehead atoms. The standard InChI is InChI=1S/C54H40/c1-53(2)47-19-11-9-17-42(47)44-25-23-36(31-49(44)53)39-27-28-41(37-24-26-45-43-18-10-12-20-48(43)54(3,4)50(45)32-37)52-46(39)30-35-15-7-8-16-40(35)51(52)38-22-21-33-13-5-6-14-34(33)29-38/h5-32H,1-4H3. The fourth-order valence-electron chi connectivity index (χ4n) is 10.1. The van der Waals surface area contributed by atoms with E-state index in [2.05, 4.69) is 198 Å². The van der Waals surface area contributed by atoms with Gasteiger partial charge >= 0.3 is 0 Å². The van der Waals surface area contributed by atoms with Crippen LogP contribution in [0, 0.1) is 0 Å². The van der Waals surface area contributed by atoms with Crippen LogP contribution in [0.3, 0.4) is 0 Å².